The molecule has 0 unspecified atom stereocenters. The number of hydrogen-bond acceptors (Lipinski definition) is 7. The topological polar surface area (TPSA) is 92.7 Å². The van der Waals surface area contributed by atoms with Crippen LogP contribution >= 0.6 is 0 Å². The van der Waals surface area contributed by atoms with Gasteiger partial charge in [-0.2, -0.15) is 10.2 Å². The van der Waals surface area contributed by atoms with Crippen LogP contribution in [0, 0.1) is 0 Å². The van der Waals surface area contributed by atoms with Crippen molar-refractivity contribution in [1.29, 1.82) is 0 Å². The molecule has 9 nitrogen and oxygen atoms in total. The molecule has 0 bridgehead atoms. The Hall–Kier alpha value is -1.65. The van der Waals surface area contributed by atoms with Gasteiger partial charge in [0.25, 0.3) is 0 Å². The molecule has 0 aromatic carbocycles. The van der Waals surface area contributed by atoms with Crippen molar-refractivity contribution in [3.63, 3.8) is 0 Å². The van der Waals surface area contributed by atoms with E-state index in [1.165, 1.54) is 0 Å². The number of ether oxygens (including phenoxy) is 1. The van der Waals surface area contributed by atoms with Crippen LogP contribution in [-0.2, 0) is 29.9 Å². The summed E-state index contributed by atoms with van der Waals surface area (Å²) in [6, 6.07) is 0. The molecule has 2 aromatic rings. The molecule has 32 heavy (non-hydrogen) atoms. The Morgan fingerprint density at radius 2 is 1.34 bits per heavy atom. The van der Waals surface area contributed by atoms with Crippen LogP contribution in [0.15, 0.2) is 24.8 Å². The first kappa shape index (κ1) is 25.0. The maximum atomic E-state index is 5.96. The Morgan fingerprint density at radius 1 is 0.844 bits per heavy atom. The molecule has 176 valence electrons. The van der Waals surface area contributed by atoms with E-state index in [1.807, 2.05) is 66.3 Å². The molecule has 0 atom stereocenters. The summed E-state index contributed by atoms with van der Waals surface area (Å²) >= 11 is 0. The number of methoxy groups -OCH3 is 1. The molecule has 0 aliphatic carbocycles. The van der Waals surface area contributed by atoms with Crippen LogP contribution in [-0.4, -0.2) is 70.3 Å². The zero-order valence-electron chi connectivity index (χ0n) is 20.8. The molecular formula is C21H36B2N4O5. The smallest absolute Gasteiger partial charge is 0.399 e. The average molecular weight is 446 g/mol. The highest BCUT2D eigenvalue weighted by atomic mass is 16.7. The average Bonchev–Trinajstić information content (AvgIpc) is 3.42. The number of nitrogens with zero attached hydrogens (tertiary/aromatic N) is 3. The Kier molecular flexibility index (Phi) is 6.98. The first-order valence-electron chi connectivity index (χ1n) is 11.0. The lowest BCUT2D eigenvalue weighted by atomic mass is 9.82. The highest BCUT2D eigenvalue weighted by Crippen LogP contribution is 2.37. The third-order valence-electron chi connectivity index (χ3n) is 6.75. The Bertz CT molecular complexity index is 851. The summed E-state index contributed by atoms with van der Waals surface area (Å²) in [5, 5.41) is 10.9. The highest BCUT2D eigenvalue weighted by Gasteiger charge is 2.53. The Balaban J connectivity index is 0.000000186. The SMILES string of the molecule is CC1(C)OB(c2cn[nH]c2)OC1(C)C.COCCn1cc(B2OC(C)(C)C(C)(C)O2)cn1. The summed E-state index contributed by atoms with van der Waals surface area (Å²) in [7, 11) is 1.03. The molecule has 4 rings (SSSR count). The molecular weight excluding hydrogens is 410 g/mol. The van der Waals surface area contributed by atoms with Crippen LogP contribution in [0.1, 0.15) is 55.4 Å². The first-order chi connectivity index (χ1) is 14.8. The lowest BCUT2D eigenvalue weighted by molar-refractivity contribution is 0.00578. The van der Waals surface area contributed by atoms with Crippen LogP contribution in [0.5, 0.6) is 0 Å². The normalized spacial score (nSPS) is 22.7. The Morgan fingerprint density at radius 3 is 1.78 bits per heavy atom. The van der Waals surface area contributed by atoms with Gasteiger partial charge in [-0.25, -0.2) is 0 Å². The van der Waals surface area contributed by atoms with Gasteiger partial charge in [0.1, 0.15) is 0 Å². The van der Waals surface area contributed by atoms with Crippen LogP contribution < -0.4 is 10.9 Å². The van der Waals surface area contributed by atoms with Gasteiger partial charge in [0.15, 0.2) is 0 Å². The molecule has 0 spiro atoms. The third kappa shape index (κ3) is 5.12. The number of aromatic nitrogens is 4. The fraction of sp³-hybridized carbons (Fsp3) is 0.714. The van der Waals surface area contributed by atoms with Gasteiger partial charge in [-0.05, 0) is 55.4 Å². The summed E-state index contributed by atoms with van der Waals surface area (Å²) in [4.78, 5) is 0. The molecule has 0 amide bonds. The van der Waals surface area contributed by atoms with Crippen LogP contribution in [0.3, 0.4) is 0 Å². The standard InChI is InChI=1S/C12H21BN2O3.C9H15BN2O2/c1-11(2)12(3,4)18-13(17-11)10-8-14-15(9-10)6-7-16-5;1-8(2)9(3,4)14-10(13-8)7-5-11-12-6-7/h8-9H,6-7H2,1-5H3;5-6H,1-4H3,(H,11,12). The minimum absolute atomic E-state index is 0.283. The van der Waals surface area contributed by atoms with E-state index in [4.69, 9.17) is 23.4 Å². The second kappa shape index (κ2) is 8.95. The maximum Gasteiger partial charge on any atom is 0.498 e. The molecule has 1 N–H and O–H groups in total. The predicted molar refractivity (Wildman–Crippen MR) is 124 cm³/mol. The lowest BCUT2D eigenvalue weighted by Gasteiger charge is -2.32. The van der Waals surface area contributed by atoms with Crippen LogP contribution in [0.2, 0.25) is 0 Å². The molecule has 4 heterocycles. The number of nitrogens with one attached hydrogen (secondary N) is 1. The van der Waals surface area contributed by atoms with Gasteiger partial charge in [-0.1, -0.05) is 0 Å². The monoisotopic (exact) mass is 446 g/mol. The van der Waals surface area contributed by atoms with Gasteiger partial charge in [-0.15, -0.1) is 0 Å². The van der Waals surface area contributed by atoms with Gasteiger partial charge in [-0.3, -0.25) is 9.78 Å². The zero-order chi connectivity index (χ0) is 23.8. The lowest BCUT2D eigenvalue weighted by Crippen LogP contribution is -2.41. The number of hydrogen-bond donors (Lipinski definition) is 1. The molecule has 0 radical (unpaired) electrons. The van der Waals surface area contributed by atoms with Crippen molar-refractivity contribution >= 4 is 25.2 Å². The predicted octanol–water partition coefficient (Wildman–Crippen LogP) is 1.54. The fourth-order valence-electron chi connectivity index (χ4n) is 3.16. The molecule has 2 aliphatic rings. The van der Waals surface area contributed by atoms with Crippen molar-refractivity contribution in [1.82, 2.24) is 20.0 Å². The number of aromatic amines is 1. The minimum Gasteiger partial charge on any atom is -0.399 e. The van der Waals surface area contributed by atoms with E-state index in [-0.39, 0.29) is 36.6 Å². The highest BCUT2D eigenvalue weighted by molar-refractivity contribution is 6.62. The van der Waals surface area contributed by atoms with Crippen molar-refractivity contribution in [2.24, 2.45) is 0 Å². The van der Waals surface area contributed by atoms with Gasteiger partial charge in [0, 0.05) is 42.8 Å². The summed E-state index contributed by atoms with van der Waals surface area (Å²) in [5.41, 5.74) is 0.691. The summed E-state index contributed by atoms with van der Waals surface area (Å²) < 4.78 is 30.4. The minimum atomic E-state index is -0.341. The van der Waals surface area contributed by atoms with Gasteiger partial charge < -0.3 is 23.4 Å². The second-order valence-corrected chi connectivity index (χ2v) is 10.2. The van der Waals surface area contributed by atoms with Crippen molar-refractivity contribution in [3.8, 4) is 0 Å². The molecule has 2 aromatic heterocycles. The molecule has 11 heteroatoms. The molecule has 2 aliphatic heterocycles. The summed E-state index contributed by atoms with van der Waals surface area (Å²) in [6.07, 6.45) is 7.25. The molecule has 0 saturated carbocycles. The third-order valence-corrected chi connectivity index (χ3v) is 6.75. The maximum absolute atomic E-state index is 5.96. The number of rotatable bonds is 5. The number of H-pyrrole nitrogens is 1. The van der Waals surface area contributed by atoms with Gasteiger partial charge in [0.05, 0.1) is 35.6 Å². The van der Waals surface area contributed by atoms with Crippen molar-refractivity contribution < 1.29 is 23.4 Å². The van der Waals surface area contributed by atoms with E-state index in [0.717, 1.165) is 17.5 Å². The van der Waals surface area contributed by atoms with E-state index < -0.39 is 0 Å². The van der Waals surface area contributed by atoms with Gasteiger partial charge in [0.2, 0.25) is 0 Å². The van der Waals surface area contributed by atoms with E-state index in [0.29, 0.717) is 6.61 Å². The van der Waals surface area contributed by atoms with E-state index in [9.17, 15) is 0 Å². The molecule has 2 fully saturated rings. The largest absolute Gasteiger partial charge is 0.498 e. The van der Waals surface area contributed by atoms with Crippen LogP contribution in [0.25, 0.3) is 0 Å². The first-order valence-corrected chi connectivity index (χ1v) is 11.0. The van der Waals surface area contributed by atoms with Crippen LogP contribution in [0.4, 0.5) is 0 Å². The van der Waals surface area contributed by atoms with E-state index in [1.54, 1.807) is 25.7 Å². The molecule has 2 saturated heterocycles. The second-order valence-electron chi connectivity index (χ2n) is 10.2. The van der Waals surface area contributed by atoms with E-state index in [2.05, 4.69) is 15.3 Å². The summed E-state index contributed by atoms with van der Waals surface area (Å²) in [6.45, 7) is 17.7. The van der Waals surface area contributed by atoms with E-state index >= 15 is 0 Å². The van der Waals surface area contributed by atoms with Crippen molar-refractivity contribution in [2.45, 2.75) is 84.3 Å². The van der Waals surface area contributed by atoms with Crippen molar-refractivity contribution in [3.05, 3.63) is 24.8 Å². The van der Waals surface area contributed by atoms with Gasteiger partial charge >= 0.3 is 14.2 Å². The Labute approximate surface area is 191 Å². The fourth-order valence-corrected chi connectivity index (χ4v) is 3.16. The zero-order valence-corrected chi connectivity index (χ0v) is 20.8. The van der Waals surface area contributed by atoms with Crippen molar-refractivity contribution in [2.75, 3.05) is 13.7 Å². The quantitative estimate of drug-likeness (QED) is 0.697. The summed E-state index contributed by atoms with van der Waals surface area (Å²) in [5.74, 6) is 0.